The Hall–Kier alpha value is -1.88. The third-order valence-corrected chi connectivity index (χ3v) is 3.41. The zero-order valence-corrected chi connectivity index (χ0v) is 12.3. The molecule has 0 spiro atoms. The van der Waals surface area contributed by atoms with Crippen molar-refractivity contribution in [1.82, 2.24) is 4.98 Å². The predicted molar refractivity (Wildman–Crippen MR) is 80.2 cm³/mol. The highest BCUT2D eigenvalue weighted by molar-refractivity contribution is 9.10. The Morgan fingerprint density at radius 2 is 2.05 bits per heavy atom. The van der Waals surface area contributed by atoms with Gasteiger partial charge in [0, 0.05) is 4.47 Å². The van der Waals surface area contributed by atoms with Gasteiger partial charge in [0.05, 0.1) is 28.8 Å². The van der Waals surface area contributed by atoms with E-state index in [4.69, 9.17) is 5.73 Å². The number of nitrogen functional groups attached to an aromatic ring is 1. The summed E-state index contributed by atoms with van der Waals surface area (Å²) in [4.78, 5) is 16.3. The number of nitrogens with two attached hydrogens (primary N) is 1. The number of anilines is 2. The highest BCUT2D eigenvalue weighted by Crippen LogP contribution is 2.24. The molecule has 0 atom stereocenters. The molecule has 0 unspecified atom stereocenters. The summed E-state index contributed by atoms with van der Waals surface area (Å²) in [5, 5.41) is 2.85. The SMILES string of the molecule is Cc1ccc(Br)c(NC(=O)c2cc(N)cnc2C)c1. The number of halogens is 1. The summed E-state index contributed by atoms with van der Waals surface area (Å²) < 4.78 is 0.834. The molecule has 2 aromatic rings. The number of hydrogen-bond acceptors (Lipinski definition) is 3. The second-order valence-corrected chi connectivity index (χ2v) is 5.19. The number of carbonyl (C=O) groups is 1. The highest BCUT2D eigenvalue weighted by Gasteiger charge is 2.12. The number of amides is 1. The first-order valence-corrected chi connectivity index (χ1v) is 6.56. The summed E-state index contributed by atoms with van der Waals surface area (Å²) in [6, 6.07) is 7.39. The number of rotatable bonds is 2. The zero-order chi connectivity index (χ0) is 14.0. The normalized spacial score (nSPS) is 10.3. The van der Waals surface area contributed by atoms with Gasteiger partial charge >= 0.3 is 0 Å². The Labute approximate surface area is 120 Å². The summed E-state index contributed by atoms with van der Waals surface area (Å²) in [6.45, 7) is 3.75. The van der Waals surface area contributed by atoms with Crippen LogP contribution in [0, 0.1) is 13.8 Å². The smallest absolute Gasteiger partial charge is 0.257 e. The van der Waals surface area contributed by atoms with Crippen molar-refractivity contribution < 1.29 is 4.79 Å². The van der Waals surface area contributed by atoms with Gasteiger partial charge in [0.2, 0.25) is 0 Å². The summed E-state index contributed by atoms with van der Waals surface area (Å²) in [5.41, 5.74) is 9.06. The molecular weight excluding hydrogens is 306 g/mol. The Balaban J connectivity index is 2.30. The van der Waals surface area contributed by atoms with Gasteiger partial charge in [-0.2, -0.15) is 0 Å². The molecule has 0 saturated heterocycles. The van der Waals surface area contributed by atoms with E-state index < -0.39 is 0 Å². The molecule has 2 rings (SSSR count). The molecule has 1 heterocycles. The van der Waals surface area contributed by atoms with Crippen LogP contribution < -0.4 is 11.1 Å². The molecule has 5 heteroatoms. The monoisotopic (exact) mass is 319 g/mol. The summed E-state index contributed by atoms with van der Waals surface area (Å²) in [5.74, 6) is -0.219. The van der Waals surface area contributed by atoms with Crippen LogP contribution in [0.5, 0.6) is 0 Å². The van der Waals surface area contributed by atoms with Crippen molar-refractivity contribution in [2.45, 2.75) is 13.8 Å². The van der Waals surface area contributed by atoms with Crippen LogP contribution in [0.4, 0.5) is 11.4 Å². The largest absolute Gasteiger partial charge is 0.397 e. The van der Waals surface area contributed by atoms with Crippen molar-refractivity contribution in [3.05, 3.63) is 51.8 Å². The second kappa shape index (κ2) is 5.40. The molecule has 0 aliphatic rings. The van der Waals surface area contributed by atoms with Gasteiger partial charge in [0.25, 0.3) is 5.91 Å². The Morgan fingerprint density at radius 3 is 2.79 bits per heavy atom. The maximum absolute atomic E-state index is 12.2. The number of hydrogen-bond donors (Lipinski definition) is 2. The minimum absolute atomic E-state index is 0.219. The van der Waals surface area contributed by atoms with Crippen molar-refractivity contribution in [3.63, 3.8) is 0 Å². The third-order valence-electron chi connectivity index (χ3n) is 2.72. The average Bonchev–Trinajstić information content (AvgIpc) is 2.36. The number of nitrogens with one attached hydrogen (secondary N) is 1. The van der Waals surface area contributed by atoms with Gasteiger partial charge in [-0.05, 0) is 53.5 Å². The van der Waals surface area contributed by atoms with Crippen molar-refractivity contribution in [2.24, 2.45) is 0 Å². The van der Waals surface area contributed by atoms with Crippen LogP contribution in [0.3, 0.4) is 0 Å². The van der Waals surface area contributed by atoms with Crippen LogP contribution in [0.25, 0.3) is 0 Å². The highest BCUT2D eigenvalue weighted by atomic mass is 79.9. The maximum Gasteiger partial charge on any atom is 0.257 e. The predicted octanol–water partition coefficient (Wildman–Crippen LogP) is 3.30. The molecule has 1 amide bonds. The molecule has 0 bridgehead atoms. The van der Waals surface area contributed by atoms with E-state index in [0.717, 1.165) is 15.7 Å². The second-order valence-electron chi connectivity index (χ2n) is 4.34. The molecule has 0 saturated carbocycles. The van der Waals surface area contributed by atoms with Crippen LogP contribution in [-0.4, -0.2) is 10.9 Å². The molecule has 98 valence electrons. The minimum Gasteiger partial charge on any atom is -0.397 e. The Bertz CT molecular complexity index is 641. The molecule has 4 nitrogen and oxygen atoms in total. The van der Waals surface area contributed by atoms with Crippen molar-refractivity contribution in [2.75, 3.05) is 11.1 Å². The fourth-order valence-electron chi connectivity index (χ4n) is 1.70. The lowest BCUT2D eigenvalue weighted by Gasteiger charge is -2.10. The molecule has 3 N–H and O–H groups in total. The maximum atomic E-state index is 12.2. The lowest BCUT2D eigenvalue weighted by atomic mass is 10.1. The summed E-state index contributed by atoms with van der Waals surface area (Å²) in [6.07, 6.45) is 1.54. The number of nitrogens with zero attached hydrogens (tertiary/aromatic N) is 1. The van der Waals surface area contributed by atoms with Crippen molar-refractivity contribution in [3.8, 4) is 0 Å². The fourth-order valence-corrected chi connectivity index (χ4v) is 2.05. The van der Waals surface area contributed by atoms with E-state index in [1.54, 1.807) is 13.0 Å². The van der Waals surface area contributed by atoms with Gasteiger partial charge in [-0.25, -0.2) is 0 Å². The molecule has 1 aromatic carbocycles. The van der Waals surface area contributed by atoms with E-state index in [2.05, 4.69) is 26.2 Å². The van der Waals surface area contributed by atoms with Crippen molar-refractivity contribution >= 4 is 33.2 Å². The van der Waals surface area contributed by atoms with Gasteiger partial charge in [0.15, 0.2) is 0 Å². The molecular formula is C14H14BrN3O. The van der Waals surface area contributed by atoms with Crippen LogP contribution in [0.1, 0.15) is 21.6 Å². The fraction of sp³-hybridized carbons (Fsp3) is 0.143. The molecule has 0 aliphatic carbocycles. The third kappa shape index (κ3) is 3.12. The van der Waals surface area contributed by atoms with Crippen LogP contribution in [0.15, 0.2) is 34.9 Å². The Kier molecular flexibility index (Phi) is 3.85. The standard InChI is InChI=1S/C14H14BrN3O/c1-8-3-4-12(15)13(5-8)18-14(19)11-6-10(16)7-17-9(11)2/h3-7H,16H2,1-2H3,(H,18,19). The van der Waals surface area contributed by atoms with Crippen LogP contribution in [-0.2, 0) is 0 Å². The van der Waals surface area contributed by atoms with Gasteiger partial charge < -0.3 is 11.1 Å². The summed E-state index contributed by atoms with van der Waals surface area (Å²) >= 11 is 3.41. The van der Waals surface area contributed by atoms with Gasteiger partial charge in [0.1, 0.15) is 0 Å². The zero-order valence-electron chi connectivity index (χ0n) is 10.7. The molecule has 19 heavy (non-hydrogen) atoms. The summed E-state index contributed by atoms with van der Waals surface area (Å²) in [7, 11) is 0. The van der Waals surface area contributed by atoms with E-state index in [0.29, 0.717) is 16.9 Å². The number of aromatic nitrogens is 1. The van der Waals surface area contributed by atoms with E-state index in [1.165, 1.54) is 6.20 Å². The lowest BCUT2D eigenvalue weighted by molar-refractivity contribution is 0.102. The van der Waals surface area contributed by atoms with Gasteiger partial charge in [-0.15, -0.1) is 0 Å². The first-order chi connectivity index (χ1) is 8.97. The first kappa shape index (κ1) is 13.5. The van der Waals surface area contributed by atoms with Crippen molar-refractivity contribution in [1.29, 1.82) is 0 Å². The van der Waals surface area contributed by atoms with Crippen LogP contribution in [0.2, 0.25) is 0 Å². The van der Waals surface area contributed by atoms with E-state index >= 15 is 0 Å². The van der Waals surface area contributed by atoms with E-state index in [-0.39, 0.29) is 5.91 Å². The quantitative estimate of drug-likeness (QED) is 0.892. The topological polar surface area (TPSA) is 68.0 Å². The molecule has 1 aromatic heterocycles. The number of aryl methyl sites for hydroxylation is 2. The van der Waals surface area contributed by atoms with Gasteiger partial charge in [-0.1, -0.05) is 6.07 Å². The molecule has 0 fully saturated rings. The van der Waals surface area contributed by atoms with Gasteiger partial charge in [-0.3, -0.25) is 9.78 Å². The molecule has 0 radical (unpaired) electrons. The number of benzene rings is 1. The first-order valence-electron chi connectivity index (χ1n) is 5.77. The van der Waals surface area contributed by atoms with E-state index in [1.807, 2.05) is 25.1 Å². The minimum atomic E-state index is -0.219. The lowest BCUT2D eigenvalue weighted by Crippen LogP contribution is -2.15. The van der Waals surface area contributed by atoms with E-state index in [9.17, 15) is 4.79 Å². The average molecular weight is 320 g/mol. The molecule has 0 aliphatic heterocycles. The Morgan fingerprint density at radius 1 is 1.32 bits per heavy atom. The van der Waals surface area contributed by atoms with Crippen LogP contribution >= 0.6 is 15.9 Å². The number of pyridine rings is 1. The number of carbonyl (C=O) groups excluding carboxylic acids is 1.